The molecule has 0 saturated carbocycles. The molecule has 3 aromatic carbocycles. The number of benzene rings is 3. The number of thioether (sulfide) groups is 1. The van der Waals surface area contributed by atoms with Gasteiger partial charge in [0, 0.05) is 18.4 Å². The van der Waals surface area contributed by atoms with Crippen LogP contribution in [-0.2, 0) is 20.6 Å². The fourth-order valence-corrected chi connectivity index (χ4v) is 5.80. The average molecular weight is 551 g/mol. The molecule has 0 fully saturated rings. The van der Waals surface area contributed by atoms with Gasteiger partial charge in [-0.15, -0.1) is 0 Å². The Bertz CT molecular complexity index is 1300. The third kappa shape index (κ3) is 7.59. The summed E-state index contributed by atoms with van der Waals surface area (Å²) in [6.45, 7) is -0.193. The van der Waals surface area contributed by atoms with Gasteiger partial charge >= 0.3 is 0 Å². The first-order chi connectivity index (χ1) is 17.8. The fourth-order valence-electron chi connectivity index (χ4n) is 3.41. The smallest absolute Gasteiger partial charge is 0.264 e. The molecule has 0 saturated heterocycles. The van der Waals surface area contributed by atoms with E-state index in [-0.39, 0.29) is 22.1 Å². The van der Waals surface area contributed by atoms with Crippen LogP contribution in [0.1, 0.15) is 12.0 Å². The Morgan fingerprint density at radius 1 is 0.973 bits per heavy atom. The first-order valence-corrected chi connectivity index (χ1v) is 13.9. The minimum absolute atomic E-state index is 0.119. The van der Waals surface area contributed by atoms with E-state index in [1.165, 1.54) is 62.4 Å². The number of halogens is 2. The van der Waals surface area contributed by atoms with Crippen molar-refractivity contribution < 1.29 is 31.5 Å². The topological polar surface area (TPSA) is 84.9 Å². The number of anilines is 1. The Morgan fingerprint density at radius 2 is 1.68 bits per heavy atom. The van der Waals surface area contributed by atoms with Crippen LogP contribution in [0, 0.1) is 11.6 Å². The molecule has 0 aliphatic rings. The summed E-state index contributed by atoms with van der Waals surface area (Å²) in [5.41, 5.74) is 0.749. The zero-order chi connectivity index (χ0) is 26.8. The Morgan fingerprint density at radius 3 is 2.35 bits per heavy atom. The molecule has 37 heavy (non-hydrogen) atoms. The molecule has 0 spiro atoms. The predicted octanol–water partition coefficient (Wildman–Crippen LogP) is 4.62. The number of nitrogens with zero attached hydrogens (tertiary/aromatic N) is 1. The third-order valence-corrected chi connectivity index (χ3v) is 8.21. The van der Waals surface area contributed by atoms with Gasteiger partial charge in [-0.2, -0.15) is 11.8 Å². The molecule has 1 amide bonds. The summed E-state index contributed by atoms with van der Waals surface area (Å²) in [7, 11) is -1.41. The highest BCUT2D eigenvalue weighted by molar-refractivity contribution is 7.98. The highest BCUT2D eigenvalue weighted by atomic mass is 32.2. The summed E-state index contributed by atoms with van der Waals surface area (Å²) in [6, 6.07) is 15.5. The van der Waals surface area contributed by atoms with Crippen molar-refractivity contribution in [2.24, 2.45) is 0 Å². The first kappa shape index (κ1) is 28.3. The Hall–Kier alpha value is -3.31. The highest BCUT2D eigenvalue weighted by Gasteiger charge is 2.28. The van der Waals surface area contributed by atoms with Crippen molar-refractivity contribution in [3.8, 4) is 11.5 Å². The Kier molecular flexibility index (Phi) is 10.2. The second-order valence-corrected chi connectivity index (χ2v) is 10.8. The summed E-state index contributed by atoms with van der Waals surface area (Å²) in [5.74, 6) is 0.445. The van der Waals surface area contributed by atoms with Crippen LogP contribution >= 0.6 is 11.8 Å². The summed E-state index contributed by atoms with van der Waals surface area (Å²) >= 11 is 1.54. The van der Waals surface area contributed by atoms with Crippen molar-refractivity contribution in [1.82, 2.24) is 5.32 Å². The van der Waals surface area contributed by atoms with Gasteiger partial charge in [0.05, 0.1) is 24.8 Å². The summed E-state index contributed by atoms with van der Waals surface area (Å²) < 4.78 is 65.5. The lowest BCUT2D eigenvalue weighted by Gasteiger charge is -2.24. The summed E-state index contributed by atoms with van der Waals surface area (Å²) in [5, 5.41) is 2.72. The molecule has 0 aromatic heterocycles. The number of ether oxygens (including phenoxy) is 2. The number of rotatable bonds is 13. The lowest BCUT2D eigenvalue weighted by atomic mass is 10.2. The van der Waals surface area contributed by atoms with E-state index in [9.17, 15) is 22.0 Å². The maximum Gasteiger partial charge on any atom is 0.264 e. The Labute approximate surface area is 219 Å². The largest absolute Gasteiger partial charge is 0.493 e. The lowest BCUT2D eigenvalue weighted by Crippen LogP contribution is -2.41. The van der Waals surface area contributed by atoms with Crippen molar-refractivity contribution in [3.63, 3.8) is 0 Å². The van der Waals surface area contributed by atoms with E-state index in [0.29, 0.717) is 35.8 Å². The molecule has 0 bridgehead atoms. The van der Waals surface area contributed by atoms with E-state index in [2.05, 4.69) is 5.32 Å². The Balaban J connectivity index is 1.66. The van der Waals surface area contributed by atoms with Crippen molar-refractivity contribution in [1.29, 1.82) is 0 Å². The molecule has 0 radical (unpaired) electrons. The predicted molar refractivity (Wildman–Crippen MR) is 141 cm³/mol. The maximum absolute atomic E-state index is 13.7. The van der Waals surface area contributed by atoms with Gasteiger partial charge in [-0.05, 0) is 60.2 Å². The van der Waals surface area contributed by atoms with Crippen LogP contribution in [0.2, 0.25) is 0 Å². The van der Waals surface area contributed by atoms with Gasteiger partial charge in [0.15, 0.2) is 11.5 Å². The molecule has 0 aliphatic heterocycles. The van der Waals surface area contributed by atoms with Gasteiger partial charge in [0.25, 0.3) is 10.0 Å². The second kappa shape index (κ2) is 13.3. The van der Waals surface area contributed by atoms with Crippen molar-refractivity contribution >= 4 is 33.4 Å². The van der Waals surface area contributed by atoms with Crippen LogP contribution in [-0.4, -0.2) is 47.4 Å². The summed E-state index contributed by atoms with van der Waals surface area (Å²) in [4.78, 5) is 12.6. The molecule has 3 aromatic rings. The second-order valence-electron chi connectivity index (χ2n) is 7.85. The molecule has 0 heterocycles. The van der Waals surface area contributed by atoms with Gasteiger partial charge in [-0.1, -0.05) is 18.2 Å². The first-order valence-electron chi connectivity index (χ1n) is 11.3. The monoisotopic (exact) mass is 550 g/mol. The van der Waals surface area contributed by atoms with E-state index in [1.54, 1.807) is 18.2 Å². The number of nitrogens with one attached hydrogen (secondary N) is 1. The third-order valence-electron chi connectivity index (χ3n) is 5.35. The molecule has 198 valence electrons. The molecule has 1 N–H and O–H groups in total. The van der Waals surface area contributed by atoms with Gasteiger partial charge in [-0.3, -0.25) is 9.10 Å². The molecule has 0 unspecified atom stereocenters. The number of carbonyl (C=O) groups excluding carboxylic acids is 1. The maximum atomic E-state index is 13.7. The van der Waals surface area contributed by atoms with Crippen LogP contribution in [0.25, 0.3) is 0 Å². The zero-order valence-electron chi connectivity index (χ0n) is 20.4. The fraction of sp³-hybridized carbons (Fsp3) is 0.269. The number of sulfonamides is 1. The number of carbonyl (C=O) groups is 1. The molecule has 0 aliphatic carbocycles. The zero-order valence-corrected chi connectivity index (χ0v) is 22.1. The number of hydrogen-bond donors (Lipinski definition) is 1. The van der Waals surface area contributed by atoms with Crippen LogP contribution in [0.3, 0.4) is 0 Å². The van der Waals surface area contributed by atoms with Crippen LogP contribution < -0.4 is 19.1 Å². The minimum Gasteiger partial charge on any atom is -0.493 e. The van der Waals surface area contributed by atoms with Crippen LogP contribution in [0.5, 0.6) is 11.5 Å². The SMILES string of the molecule is COc1ccc(S(=O)(=O)N(CC(=O)NCCCSCc2ccccc2F)c2ccc(F)cc2)cc1OC. The van der Waals surface area contributed by atoms with Gasteiger partial charge in [-0.25, -0.2) is 17.2 Å². The van der Waals surface area contributed by atoms with Crippen LogP contribution in [0.15, 0.2) is 71.6 Å². The lowest BCUT2D eigenvalue weighted by molar-refractivity contribution is -0.119. The average Bonchev–Trinajstić information content (AvgIpc) is 2.90. The molecular weight excluding hydrogens is 522 g/mol. The molecular formula is C26H28F2N2O5S2. The minimum atomic E-state index is -4.22. The van der Waals surface area contributed by atoms with E-state index in [1.807, 2.05) is 0 Å². The molecule has 3 rings (SSSR count). The van der Waals surface area contributed by atoms with E-state index in [0.717, 1.165) is 16.4 Å². The number of amides is 1. The van der Waals surface area contributed by atoms with Gasteiger partial charge in [0.1, 0.15) is 18.2 Å². The number of methoxy groups -OCH3 is 2. The molecule has 7 nitrogen and oxygen atoms in total. The van der Waals surface area contributed by atoms with Gasteiger partial charge < -0.3 is 14.8 Å². The van der Waals surface area contributed by atoms with E-state index >= 15 is 0 Å². The molecule has 0 atom stereocenters. The highest BCUT2D eigenvalue weighted by Crippen LogP contribution is 2.32. The van der Waals surface area contributed by atoms with Crippen LogP contribution in [0.4, 0.5) is 14.5 Å². The normalized spacial score (nSPS) is 11.1. The van der Waals surface area contributed by atoms with Crippen molar-refractivity contribution in [2.75, 3.05) is 37.4 Å². The van der Waals surface area contributed by atoms with E-state index < -0.39 is 28.3 Å². The van der Waals surface area contributed by atoms with Crippen molar-refractivity contribution in [3.05, 3.63) is 83.9 Å². The van der Waals surface area contributed by atoms with E-state index in [4.69, 9.17) is 9.47 Å². The quantitative estimate of drug-likeness (QED) is 0.313. The standard InChI is InChI=1S/C26H28F2N2O5S2/c1-34-24-13-12-22(16-25(24)35-2)37(32,33)30(21-10-8-20(27)9-11-21)17-26(31)29-14-5-15-36-18-19-6-3-4-7-23(19)28/h3-4,6-13,16H,5,14-15,17-18H2,1-2H3,(H,29,31). The van der Waals surface area contributed by atoms with Gasteiger partial charge in [0.2, 0.25) is 5.91 Å². The van der Waals surface area contributed by atoms with Crippen molar-refractivity contribution in [2.45, 2.75) is 17.1 Å². The summed E-state index contributed by atoms with van der Waals surface area (Å²) in [6.07, 6.45) is 0.615. The number of hydrogen-bond acceptors (Lipinski definition) is 6. The molecule has 11 heteroatoms.